The van der Waals surface area contributed by atoms with Crippen molar-refractivity contribution < 1.29 is 17.9 Å². The van der Waals surface area contributed by atoms with Crippen LogP contribution in [0.2, 0.25) is 0 Å². The Morgan fingerprint density at radius 1 is 1.53 bits per heavy atom. The Labute approximate surface area is 111 Å². The zero-order valence-corrected chi connectivity index (χ0v) is 11.5. The van der Waals surface area contributed by atoms with Gasteiger partial charge in [-0.05, 0) is 37.5 Å². The van der Waals surface area contributed by atoms with Gasteiger partial charge in [0.1, 0.15) is 10.7 Å². The molecule has 0 bridgehead atoms. The maximum absolute atomic E-state index is 13.9. The summed E-state index contributed by atoms with van der Waals surface area (Å²) < 4.78 is 39.9. The molecule has 0 spiro atoms. The minimum absolute atomic E-state index is 0.236. The number of nitrogens with two attached hydrogens (primary N) is 1. The first-order valence-corrected chi connectivity index (χ1v) is 7.50. The third kappa shape index (κ3) is 2.45. The molecule has 1 heterocycles. The summed E-state index contributed by atoms with van der Waals surface area (Å²) in [4.78, 5) is -0.420. The van der Waals surface area contributed by atoms with Crippen LogP contribution in [0.4, 0.5) is 10.1 Å². The normalized spacial score (nSPS) is 20.9. The highest BCUT2D eigenvalue weighted by molar-refractivity contribution is 7.89. The van der Waals surface area contributed by atoms with Crippen LogP contribution in [0.25, 0.3) is 0 Å². The minimum atomic E-state index is -3.95. The Balaban J connectivity index is 2.48. The van der Waals surface area contributed by atoms with Crippen molar-refractivity contribution in [1.29, 1.82) is 0 Å². The van der Waals surface area contributed by atoms with Gasteiger partial charge in [0, 0.05) is 18.3 Å². The molecule has 2 rings (SSSR count). The largest absolute Gasteiger partial charge is 0.398 e. The van der Waals surface area contributed by atoms with Gasteiger partial charge in [-0.2, -0.15) is 4.31 Å². The van der Waals surface area contributed by atoms with E-state index in [4.69, 9.17) is 5.73 Å². The molecule has 3 N–H and O–H groups in total. The van der Waals surface area contributed by atoms with Crippen molar-refractivity contribution in [3.63, 3.8) is 0 Å². The van der Waals surface area contributed by atoms with E-state index in [1.807, 2.05) is 0 Å². The Morgan fingerprint density at radius 3 is 2.84 bits per heavy atom. The molecule has 1 atom stereocenters. The molecule has 1 aliphatic heterocycles. The van der Waals surface area contributed by atoms with Crippen LogP contribution in [-0.2, 0) is 10.0 Å². The third-order valence-electron chi connectivity index (χ3n) is 3.44. The van der Waals surface area contributed by atoms with E-state index in [0.29, 0.717) is 24.9 Å². The molecular weight excluding hydrogens is 271 g/mol. The van der Waals surface area contributed by atoms with Gasteiger partial charge in [-0.25, -0.2) is 12.8 Å². The zero-order chi connectivity index (χ0) is 14.2. The van der Waals surface area contributed by atoms with Crippen molar-refractivity contribution in [3.8, 4) is 0 Å². The van der Waals surface area contributed by atoms with Gasteiger partial charge in [-0.3, -0.25) is 0 Å². The van der Waals surface area contributed by atoms with Crippen molar-refractivity contribution in [2.24, 2.45) is 0 Å². The Hall–Kier alpha value is -1.18. The molecule has 5 nitrogen and oxygen atoms in total. The molecule has 1 saturated heterocycles. The maximum Gasteiger partial charge on any atom is 0.246 e. The number of aliphatic hydroxyl groups is 1. The predicted octanol–water partition coefficient (Wildman–Crippen LogP) is 0.862. The van der Waals surface area contributed by atoms with E-state index in [1.165, 1.54) is 0 Å². The molecule has 19 heavy (non-hydrogen) atoms. The van der Waals surface area contributed by atoms with Gasteiger partial charge in [0.05, 0.1) is 6.61 Å². The number of nitrogens with zero attached hydrogens (tertiary/aromatic N) is 1. The SMILES string of the molecule is Cc1cc(F)c(S(=O)(=O)N2CCC[C@H]2CO)cc1N. The molecule has 0 aromatic heterocycles. The number of aliphatic hydroxyl groups excluding tert-OH is 1. The van der Waals surface area contributed by atoms with Gasteiger partial charge in [0.15, 0.2) is 0 Å². The lowest BCUT2D eigenvalue weighted by atomic mass is 10.2. The molecule has 7 heteroatoms. The summed E-state index contributed by atoms with van der Waals surface area (Å²) in [6.07, 6.45) is 1.24. The van der Waals surface area contributed by atoms with E-state index in [1.54, 1.807) is 6.92 Å². The first-order valence-electron chi connectivity index (χ1n) is 6.06. The molecule has 1 aromatic rings. The van der Waals surface area contributed by atoms with Crippen molar-refractivity contribution >= 4 is 15.7 Å². The first kappa shape index (κ1) is 14.2. The third-order valence-corrected chi connectivity index (χ3v) is 5.41. The number of halogens is 1. The van der Waals surface area contributed by atoms with Crippen LogP contribution in [0, 0.1) is 12.7 Å². The zero-order valence-electron chi connectivity index (χ0n) is 10.6. The highest BCUT2D eigenvalue weighted by Gasteiger charge is 2.36. The number of nitrogen functional groups attached to an aromatic ring is 1. The van der Waals surface area contributed by atoms with Gasteiger partial charge in [-0.1, -0.05) is 0 Å². The van der Waals surface area contributed by atoms with Crippen LogP contribution < -0.4 is 5.73 Å². The standard InChI is InChI=1S/C12H17FN2O3S/c1-8-5-10(13)12(6-11(8)14)19(17,18)15-4-2-3-9(15)7-16/h5-6,9,16H,2-4,7,14H2,1H3/t9-/m0/s1. The molecule has 1 aliphatic rings. The predicted molar refractivity (Wildman–Crippen MR) is 69.5 cm³/mol. The van der Waals surface area contributed by atoms with E-state index >= 15 is 0 Å². The topological polar surface area (TPSA) is 83.6 Å². The molecule has 106 valence electrons. The van der Waals surface area contributed by atoms with Crippen molar-refractivity contribution in [3.05, 3.63) is 23.5 Å². The molecule has 0 aliphatic carbocycles. The molecular formula is C12H17FN2O3S. The van der Waals surface area contributed by atoms with Gasteiger partial charge in [-0.15, -0.1) is 0 Å². The van der Waals surface area contributed by atoms with E-state index < -0.39 is 26.8 Å². The lowest BCUT2D eigenvalue weighted by molar-refractivity contribution is 0.213. The van der Waals surface area contributed by atoms with Gasteiger partial charge >= 0.3 is 0 Å². The van der Waals surface area contributed by atoms with Crippen LogP contribution in [0.3, 0.4) is 0 Å². The molecule has 0 saturated carbocycles. The number of hydrogen-bond acceptors (Lipinski definition) is 4. The van der Waals surface area contributed by atoms with Crippen LogP contribution in [-0.4, -0.2) is 37.0 Å². The summed E-state index contributed by atoms with van der Waals surface area (Å²) in [5.41, 5.74) is 6.39. The van der Waals surface area contributed by atoms with Gasteiger partial charge in [0.2, 0.25) is 10.0 Å². The Bertz CT molecular complexity index is 589. The quantitative estimate of drug-likeness (QED) is 0.808. The van der Waals surface area contributed by atoms with E-state index in [2.05, 4.69) is 0 Å². The summed E-state index contributed by atoms with van der Waals surface area (Å²) in [6.45, 7) is 1.64. The lowest BCUT2D eigenvalue weighted by Crippen LogP contribution is -2.38. The number of sulfonamides is 1. The second-order valence-electron chi connectivity index (χ2n) is 4.73. The van der Waals surface area contributed by atoms with Crippen LogP contribution in [0.1, 0.15) is 18.4 Å². The summed E-state index contributed by atoms with van der Waals surface area (Å²) in [5.74, 6) is -0.810. The summed E-state index contributed by atoms with van der Waals surface area (Å²) in [7, 11) is -3.95. The molecule has 0 amide bonds. The number of hydrogen-bond donors (Lipinski definition) is 2. The molecule has 1 fully saturated rings. The molecule has 0 unspecified atom stereocenters. The summed E-state index contributed by atoms with van der Waals surface area (Å²) in [6, 6.07) is 1.78. The lowest BCUT2D eigenvalue weighted by Gasteiger charge is -2.23. The minimum Gasteiger partial charge on any atom is -0.398 e. The Kier molecular flexibility index (Phi) is 3.80. The maximum atomic E-state index is 13.9. The van der Waals surface area contributed by atoms with Gasteiger partial charge < -0.3 is 10.8 Å². The number of rotatable bonds is 3. The van der Waals surface area contributed by atoms with E-state index in [-0.39, 0.29) is 12.3 Å². The monoisotopic (exact) mass is 288 g/mol. The number of anilines is 1. The van der Waals surface area contributed by atoms with Crippen molar-refractivity contribution in [2.45, 2.75) is 30.7 Å². The molecule has 0 radical (unpaired) electrons. The first-order chi connectivity index (χ1) is 8.87. The average molecular weight is 288 g/mol. The van der Waals surface area contributed by atoms with E-state index in [0.717, 1.165) is 16.4 Å². The second kappa shape index (κ2) is 5.07. The fraction of sp³-hybridized carbons (Fsp3) is 0.500. The average Bonchev–Trinajstić information content (AvgIpc) is 2.82. The number of benzene rings is 1. The summed E-state index contributed by atoms with van der Waals surface area (Å²) in [5, 5.41) is 9.19. The highest BCUT2D eigenvalue weighted by atomic mass is 32.2. The van der Waals surface area contributed by atoms with Crippen molar-refractivity contribution in [2.75, 3.05) is 18.9 Å². The fourth-order valence-electron chi connectivity index (χ4n) is 2.30. The fourth-order valence-corrected chi connectivity index (χ4v) is 4.07. The smallest absolute Gasteiger partial charge is 0.246 e. The molecule has 1 aromatic carbocycles. The second-order valence-corrected chi connectivity index (χ2v) is 6.59. The van der Waals surface area contributed by atoms with Crippen LogP contribution in [0.5, 0.6) is 0 Å². The van der Waals surface area contributed by atoms with Gasteiger partial charge in [0.25, 0.3) is 0 Å². The summed E-state index contributed by atoms with van der Waals surface area (Å²) >= 11 is 0. The highest BCUT2D eigenvalue weighted by Crippen LogP contribution is 2.29. The van der Waals surface area contributed by atoms with Crippen LogP contribution in [0.15, 0.2) is 17.0 Å². The number of aryl methyl sites for hydroxylation is 1. The van der Waals surface area contributed by atoms with Crippen LogP contribution >= 0.6 is 0 Å². The van der Waals surface area contributed by atoms with E-state index in [9.17, 15) is 17.9 Å². The Morgan fingerprint density at radius 2 is 2.21 bits per heavy atom. The van der Waals surface area contributed by atoms with Crippen molar-refractivity contribution in [1.82, 2.24) is 4.31 Å².